The van der Waals surface area contributed by atoms with Crippen molar-refractivity contribution in [3.63, 3.8) is 0 Å². The highest BCUT2D eigenvalue weighted by Crippen LogP contribution is 2.31. The fourth-order valence-corrected chi connectivity index (χ4v) is 4.11. The number of carbonyl (C=O) groups excluding carboxylic acids is 2. The van der Waals surface area contributed by atoms with Crippen LogP contribution in [0.25, 0.3) is 0 Å². The summed E-state index contributed by atoms with van der Waals surface area (Å²) in [5.74, 6) is -1.16. The molecule has 1 atom stereocenters. The minimum absolute atomic E-state index is 0.0566. The molecule has 1 N–H and O–H groups in total. The Kier molecular flexibility index (Phi) is 5.59. The average Bonchev–Trinajstić information content (AvgIpc) is 3.39. The molecule has 1 unspecified atom stereocenters. The maximum Gasteiger partial charge on any atom is 0.294 e. The van der Waals surface area contributed by atoms with Gasteiger partial charge in [0.1, 0.15) is 5.69 Å². The van der Waals surface area contributed by atoms with Gasteiger partial charge >= 0.3 is 0 Å². The molecule has 0 aromatic heterocycles. The van der Waals surface area contributed by atoms with Gasteiger partial charge in [0.15, 0.2) is 0 Å². The van der Waals surface area contributed by atoms with Crippen LogP contribution in [0.3, 0.4) is 0 Å². The third kappa shape index (κ3) is 4.09. The van der Waals surface area contributed by atoms with Crippen LogP contribution in [0, 0.1) is 16.0 Å². The van der Waals surface area contributed by atoms with E-state index in [0.717, 1.165) is 24.5 Å². The molecule has 0 bridgehead atoms. The maximum atomic E-state index is 12.7. The number of hydrogen-bond acceptors (Lipinski definition) is 5. The Hall–Kier alpha value is -3.13. The monoisotopic (exact) mass is 428 g/mol. The number of nitrogens with one attached hydrogen (secondary N) is 1. The van der Waals surface area contributed by atoms with E-state index >= 15 is 0 Å². The number of benzene rings is 2. The summed E-state index contributed by atoms with van der Waals surface area (Å²) in [6.07, 6.45) is 2.44. The highest BCUT2D eigenvalue weighted by Gasteiger charge is 2.36. The lowest BCUT2D eigenvalue weighted by Gasteiger charge is -2.20. The predicted octanol–water partition coefficient (Wildman–Crippen LogP) is 3.84. The Morgan fingerprint density at radius 2 is 1.77 bits per heavy atom. The van der Waals surface area contributed by atoms with Crippen molar-refractivity contribution in [1.29, 1.82) is 0 Å². The number of nitrogens with zero attached hydrogens (tertiary/aromatic N) is 3. The molecule has 2 saturated heterocycles. The number of amides is 2. The molecule has 2 fully saturated rings. The van der Waals surface area contributed by atoms with Crippen LogP contribution in [-0.4, -0.2) is 36.4 Å². The molecule has 4 rings (SSSR count). The zero-order valence-electron chi connectivity index (χ0n) is 16.2. The number of hydrogen-bond donors (Lipinski definition) is 1. The first-order chi connectivity index (χ1) is 14.4. The summed E-state index contributed by atoms with van der Waals surface area (Å²) in [5, 5.41) is 14.0. The van der Waals surface area contributed by atoms with Crippen molar-refractivity contribution in [2.24, 2.45) is 5.92 Å². The van der Waals surface area contributed by atoms with Gasteiger partial charge in [-0.15, -0.1) is 0 Å². The molecule has 30 heavy (non-hydrogen) atoms. The molecule has 2 aliphatic heterocycles. The Bertz CT molecular complexity index is 989. The van der Waals surface area contributed by atoms with Gasteiger partial charge < -0.3 is 15.1 Å². The van der Waals surface area contributed by atoms with Crippen molar-refractivity contribution in [3.05, 3.63) is 57.6 Å². The van der Waals surface area contributed by atoms with Crippen molar-refractivity contribution in [3.8, 4) is 0 Å². The molecule has 2 aromatic carbocycles. The predicted molar refractivity (Wildman–Crippen MR) is 115 cm³/mol. The lowest BCUT2D eigenvalue weighted by Crippen LogP contribution is -2.28. The second-order valence-corrected chi connectivity index (χ2v) is 7.96. The summed E-state index contributed by atoms with van der Waals surface area (Å²) in [4.78, 5) is 39.7. The van der Waals surface area contributed by atoms with Crippen LogP contribution in [-0.2, 0) is 9.59 Å². The number of nitro groups is 1. The van der Waals surface area contributed by atoms with E-state index in [-0.39, 0.29) is 35.3 Å². The number of rotatable bonds is 5. The molecular formula is C21H21ClN4O4. The first-order valence-corrected chi connectivity index (χ1v) is 10.2. The van der Waals surface area contributed by atoms with E-state index in [2.05, 4.69) is 10.2 Å². The summed E-state index contributed by atoms with van der Waals surface area (Å²) >= 11 is 5.81. The molecular weight excluding hydrogens is 408 g/mol. The van der Waals surface area contributed by atoms with Gasteiger partial charge in [0.25, 0.3) is 5.69 Å². The van der Waals surface area contributed by atoms with Crippen LogP contribution >= 0.6 is 11.6 Å². The molecule has 156 valence electrons. The molecule has 0 spiro atoms. The summed E-state index contributed by atoms with van der Waals surface area (Å²) in [7, 11) is 0. The Morgan fingerprint density at radius 1 is 1.10 bits per heavy atom. The van der Waals surface area contributed by atoms with Gasteiger partial charge in [-0.25, -0.2) is 0 Å². The van der Waals surface area contributed by atoms with E-state index in [9.17, 15) is 19.7 Å². The van der Waals surface area contributed by atoms with Gasteiger partial charge in [-0.05, 0) is 49.2 Å². The molecule has 2 amide bonds. The number of anilines is 3. The summed E-state index contributed by atoms with van der Waals surface area (Å²) in [5.41, 5.74) is 1.66. The summed E-state index contributed by atoms with van der Waals surface area (Å²) in [6.45, 7) is 2.32. The quantitative estimate of drug-likeness (QED) is 0.576. The van der Waals surface area contributed by atoms with E-state index in [0.29, 0.717) is 0 Å². The van der Waals surface area contributed by atoms with Gasteiger partial charge in [0, 0.05) is 48.5 Å². The van der Waals surface area contributed by atoms with Crippen LogP contribution in [0.1, 0.15) is 19.3 Å². The molecule has 0 radical (unpaired) electrons. The Labute approximate surface area is 178 Å². The van der Waals surface area contributed by atoms with Crippen LogP contribution in [0.2, 0.25) is 5.02 Å². The topological polar surface area (TPSA) is 95.8 Å². The minimum Gasteiger partial charge on any atom is -0.372 e. The number of nitro benzene ring substituents is 1. The SMILES string of the molecule is O=C(Nc1ccc(Cl)cc1[N+](=O)[O-])C1CC(=O)N(c2ccc(N3CCCC3)cc2)C1. The molecule has 9 heteroatoms. The van der Waals surface area contributed by atoms with Crippen LogP contribution < -0.4 is 15.1 Å². The van der Waals surface area contributed by atoms with Crippen molar-refractivity contribution >= 4 is 46.2 Å². The molecule has 2 aliphatic rings. The summed E-state index contributed by atoms with van der Waals surface area (Å²) < 4.78 is 0. The van der Waals surface area contributed by atoms with Crippen molar-refractivity contribution in [2.45, 2.75) is 19.3 Å². The van der Waals surface area contributed by atoms with Gasteiger partial charge in [-0.2, -0.15) is 0 Å². The number of carbonyl (C=O) groups is 2. The second-order valence-electron chi connectivity index (χ2n) is 7.52. The zero-order chi connectivity index (χ0) is 21.3. The average molecular weight is 429 g/mol. The Balaban J connectivity index is 1.44. The van der Waals surface area contributed by atoms with Gasteiger partial charge in [-0.3, -0.25) is 19.7 Å². The van der Waals surface area contributed by atoms with Crippen LogP contribution in [0.5, 0.6) is 0 Å². The highest BCUT2D eigenvalue weighted by molar-refractivity contribution is 6.31. The van der Waals surface area contributed by atoms with Gasteiger partial charge in [-0.1, -0.05) is 11.6 Å². The molecule has 8 nitrogen and oxygen atoms in total. The van der Waals surface area contributed by atoms with Crippen molar-refractivity contribution in [1.82, 2.24) is 0 Å². The largest absolute Gasteiger partial charge is 0.372 e. The fourth-order valence-electron chi connectivity index (χ4n) is 3.95. The van der Waals surface area contributed by atoms with E-state index < -0.39 is 16.7 Å². The standard InChI is InChI=1S/C21H21ClN4O4/c22-15-3-8-18(19(12-15)26(29)30)23-21(28)14-11-20(27)25(13-14)17-6-4-16(5-7-17)24-9-1-2-10-24/h3-8,12,14H,1-2,9-11,13H2,(H,23,28). The molecule has 2 heterocycles. The molecule has 2 aromatic rings. The first-order valence-electron chi connectivity index (χ1n) is 9.82. The van der Waals surface area contributed by atoms with E-state index in [1.807, 2.05) is 24.3 Å². The van der Waals surface area contributed by atoms with E-state index in [1.54, 1.807) is 4.90 Å². The minimum atomic E-state index is -0.602. The fraction of sp³-hybridized carbons (Fsp3) is 0.333. The lowest BCUT2D eigenvalue weighted by atomic mass is 10.1. The van der Waals surface area contributed by atoms with Crippen LogP contribution in [0.4, 0.5) is 22.7 Å². The van der Waals surface area contributed by atoms with E-state index in [4.69, 9.17) is 11.6 Å². The third-order valence-corrected chi connectivity index (χ3v) is 5.78. The first kappa shape index (κ1) is 20.2. The van der Waals surface area contributed by atoms with Crippen molar-refractivity contribution in [2.75, 3.05) is 34.8 Å². The smallest absolute Gasteiger partial charge is 0.294 e. The summed E-state index contributed by atoms with van der Waals surface area (Å²) in [6, 6.07) is 11.8. The molecule has 0 aliphatic carbocycles. The third-order valence-electron chi connectivity index (χ3n) is 5.54. The van der Waals surface area contributed by atoms with Gasteiger partial charge in [0.05, 0.1) is 10.8 Å². The second kappa shape index (κ2) is 8.31. The zero-order valence-corrected chi connectivity index (χ0v) is 17.0. The van der Waals surface area contributed by atoms with Crippen LogP contribution in [0.15, 0.2) is 42.5 Å². The normalized spacial score (nSPS) is 18.7. The molecule has 0 saturated carbocycles. The Morgan fingerprint density at radius 3 is 2.43 bits per heavy atom. The number of halogens is 1. The van der Waals surface area contributed by atoms with Crippen molar-refractivity contribution < 1.29 is 14.5 Å². The van der Waals surface area contributed by atoms with Gasteiger partial charge in [0.2, 0.25) is 11.8 Å². The highest BCUT2D eigenvalue weighted by atomic mass is 35.5. The van der Waals surface area contributed by atoms with E-state index in [1.165, 1.54) is 31.0 Å². The lowest BCUT2D eigenvalue weighted by molar-refractivity contribution is -0.383. The maximum absolute atomic E-state index is 12.7.